The standard InChI is InChI=1S/C30H33ClN4O3/c1-38-19-7-17-35(30(37)33-26-8-3-2-4-9-26)22-29(36)34(21-23-12-14-25(31)15-13-23)18-16-24-20-32-28-11-6-5-10-27(24)28/h2-6,8-15,20,32H,7,16-19,21-22H2,1H3,(H,33,37). The molecule has 3 amide bonds. The predicted octanol–water partition coefficient (Wildman–Crippen LogP) is 5.96. The molecule has 38 heavy (non-hydrogen) atoms. The smallest absolute Gasteiger partial charge is 0.322 e. The topological polar surface area (TPSA) is 77.7 Å². The Bertz CT molecular complexity index is 1320. The lowest BCUT2D eigenvalue weighted by atomic mass is 10.1. The Hall–Kier alpha value is -3.81. The van der Waals surface area contributed by atoms with Crippen molar-refractivity contribution < 1.29 is 14.3 Å². The van der Waals surface area contributed by atoms with Crippen molar-refractivity contribution in [1.29, 1.82) is 0 Å². The van der Waals surface area contributed by atoms with Gasteiger partial charge in [0.2, 0.25) is 5.91 Å². The summed E-state index contributed by atoms with van der Waals surface area (Å²) in [6.07, 6.45) is 3.31. The fraction of sp³-hybridized carbons (Fsp3) is 0.267. The normalized spacial score (nSPS) is 10.9. The number of methoxy groups -OCH3 is 1. The molecule has 8 heteroatoms. The van der Waals surface area contributed by atoms with Gasteiger partial charge in [-0.05, 0) is 54.3 Å². The summed E-state index contributed by atoms with van der Waals surface area (Å²) < 4.78 is 5.18. The average Bonchev–Trinajstić information content (AvgIpc) is 3.35. The molecule has 198 valence electrons. The van der Waals surface area contributed by atoms with Crippen molar-refractivity contribution in [2.75, 3.05) is 38.7 Å². The van der Waals surface area contributed by atoms with Crippen molar-refractivity contribution in [2.45, 2.75) is 19.4 Å². The third kappa shape index (κ3) is 7.60. The Morgan fingerprint density at radius 1 is 0.921 bits per heavy atom. The number of amides is 3. The number of aromatic amines is 1. The maximum absolute atomic E-state index is 13.7. The van der Waals surface area contributed by atoms with Gasteiger partial charge in [0.05, 0.1) is 0 Å². The summed E-state index contributed by atoms with van der Waals surface area (Å²) in [5.74, 6) is -0.125. The molecular weight excluding hydrogens is 500 g/mol. The maximum atomic E-state index is 13.7. The maximum Gasteiger partial charge on any atom is 0.322 e. The van der Waals surface area contributed by atoms with Gasteiger partial charge < -0.3 is 24.8 Å². The molecule has 1 aromatic heterocycles. The first-order valence-electron chi connectivity index (χ1n) is 12.7. The number of fused-ring (bicyclic) bond motifs is 1. The van der Waals surface area contributed by atoms with Crippen LogP contribution in [0.15, 0.2) is 85.1 Å². The Morgan fingerprint density at radius 2 is 1.66 bits per heavy atom. The van der Waals surface area contributed by atoms with Gasteiger partial charge in [-0.3, -0.25) is 4.79 Å². The van der Waals surface area contributed by atoms with E-state index in [1.165, 1.54) is 0 Å². The molecule has 0 bridgehead atoms. The molecule has 0 atom stereocenters. The van der Waals surface area contributed by atoms with Gasteiger partial charge in [0.15, 0.2) is 0 Å². The van der Waals surface area contributed by atoms with Crippen LogP contribution < -0.4 is 5.32 Å². The van der Waals surface area contributed by atoms with E-state index in [-0.39, 0.29) is 18.5 Å². The number of nitrogens with one attached hydrogen (secondary N) is 2. The molecule has 2 N–H and O–H groups in total. The Balaban J connectivity index is 1.50. The molecule has 0 radical (unpaired) electrons. The highest BCUT2D eigenvalue weighted by atomic mass is 35.5. The highest BCUT2D eigenvalue weighted by molar-refractivity contribution is 6.30. The molecule has 7 nitrogen and oxygen atoms in total. The number of benzene rings is 3. The van der Waals surface area contributed by atoms with Gasteiger partial charge >= 0.3 is 6.03 Å². The number of hydrogen-bond donors (Lipinski definition) is 2. The molecule has 0 aliphatic carbocycles. The second kappa shape index (κ2) is 13.7. The number of nitrogens with zero attached hydrogens (tertiary/aromatic N) is 2. The Morgan fingerprint density at radius 3 is 2.42 bits per heavy atom. The lowest BCUT2D eigenvalue weighted by molar-refractivity contribution is -0.132. The third-order valence-corrected chi connectivity index (χ3v) is 6.63. The van der Waals surface area contributed by atoms with Crippen molar-refractivity contribution in [2.24, 2.45) is 0 Å². The highest BCUT2D eigenvalue weighted by Crippen LogP contribution is 2.19. The number of aromatic nitrogens is 1. The van der Waals surface area contributed by atoms with Crippen LogP contribution in [0.2, 0.25) is 5.02 Å². The van der Waals surface area contributed by atoms with Gasteiger partial charge in [0.25, 0.3) is 0 Å². The lowest BCUT2D eigenvalue weighted by Gasteiger charge is -2.28. The van der Waals surface area contributed by atoms with Crippen LogP contribution >= 0.6 is 11.6 Å². The Labute approximate surface area is 228 Å². The second-order valence-corrected chi connectivity index (χ2v) is 9.55. The summed E-state index contributed by atoms with van der Waals surface area (Å²) in [6, 6.07) is 24.5. The number of halogens is 1. The summed E-state index contributed by atoms with van der Waals surface area (Å²) in [5.41, 5.74) is 3.87. The zero-order valence-corrected chi connectivity index (χ0v) is 22.3. The summed E-state index contributed by atoms with van der Waals surface area (Å²) in [5, 5.41) is 4.69. The Kier molecular flexibility index (Phi) is 9.78. The van der Waals surface area contributed by atoms with Crippen LogP contribution in [0.5, 0.6) is 0 Å². The summed E-state index contributed by atoms with van der Waals surface area (Å²) in [7, 11) is 1.62. The summed E-state index contributed by atoms with van der Waals surface area (Å²) in [6.45, 7) is 1.79. The van der Waals surface area contributed by atoms with E-state index in [2.05, 4.69) is 16.4 Å². The molecule has 0 unspecified atom stereocenters. The van der Waals surface area contributed by atoms with Crippen molar-refractivity contribution >= 4 is 40.1 Å². The van der Waals surface area contributed by atoms with Crippen LogP contribution in [0.4, 0.5) is 10.5 Å². The SMILES string of the molecule is COCCCN(CC(=O)N(CCc1c[nH]c2ccccc12)Cc1ccc(Cl)cc1)C(=O)Nc1ccccc1. The minimum absolute atomic E-state index is 0.0378. The molecule has 0 saturated carbocycles. The van der Waals surface area contributed by atoms with E-state index < -0.39 is 0 Å². The fourth-order valence-electron chi connectivity index (χ4n) is 4.34. The van der Waals surface area contributed by atoms with Gasteiger partial charge in [-0.15, -0.1) is 0 Å². The molecule has 0 saturated heterocycles. The molecule has 4 rings (SSSR count). The van der Waals surface area contributed by atoms with E-state index in [1.807, 2.05) is 83.9 Å². The lowest BCUT2D eigenvalue weighted by Crippen LogP contribution is -2.45. The van der Waals surface area contributed by atoms with Crippen LogP contribution in [0.3, 0.4) is 0 Å². The minimum atomic E-state index is -0.316. The molecule has 0 fully saturated rings. The molecule has 4 aromatic rings. The van der Waals surface area contributed by atoms with E-state index in [4.69, 9.17) is 16.3 Å². The number of para-hydroxylation sites is 2. The number of ether oxygens (including phenoxy) is 1. The molecule has 3 aromatic carbocycles. The molecular formula is C30H33ClN4O3. The van der Waals surface area contributed by atoms with Crippen molar-refractivity contribution in [1.82, 2.24) is 14.8 Å². The van der Waals surface area contributed by atoms with Crippen LogP contribution in [-0.4, -0.2) is 60.1 Å². The predicted molar refractivity (Wildman–Crippen MR) is 152 cm³/mol. The first kappa shape index (κ1) is 27.2. The third-order valence-electron chi connectivity index (χ3n) is 6.38. The second-order valence-electron chi connectivity index (χ2n) is 9.12. The number of hydrogen-bond acceptors (Lipinski definition) is 3. The quantitative estimate of drug-likeness (QED) is 0.221. The first-order chi connectivity index (χ1) is 18.5. The van der Waals surface area contributed by atoms with Crippen molar-refractivity contribution in [3.8, 4) is 0 Å². The van der Waals surface area contributed by atoms with Gasteiger partial charge in [0.1, 0.15) is 6.54 Å². The molecule has 0 spiro atoms. The van der Waals surface area contributed by atoms with E-state index >= 15 is 0 Å². The van der Waals surface area contributed by atoms with Crippen LogP contribution in [0, 0.1) is 0 Å². The summed E-state index contributed by atoms with van der Waals surface area (Å²) in [4.78, 5) is 33.5. The van der Waals surface area contributed by atoms with E-state index in [1.54, 1.807) is 12.0 Å². The number of carbonyl (C=O) groups is 2. The zero-order chi connectivity index (χ0) is 26.7. The van der Waals surface area contributed by atoms with Crippen LogP contribution in [0.1, 0.15) is 17.5 Å². The number of urea groups is 1. The van der Waals surface area contributed by atoms with E-state index in [9.17, 15) is 9.59 Å². The van der Waals surface area contributed by atoms with Gasteiger partial charge in [0, 0.05) is 61.2 Å². The largest absolute Gasteiger partial charge is 0.385 e. The number of anilines is 1. The molecule has 1 heterocycles. The van der Waals surface area contributed by atoms with E-state index in [0.29, 0.717) is 49.8 Å². The number of rotatable bonds is 12. The molecule has 0 aliphatic rings. The van der Waals surface area contributed by atoms with Crippen molar-refractivity contribution in [3.05, 3.63) is 101 Å². The van der Waals surface area contributed by atoms with Gasteiger partial charge in [-0.1, -0.05) is 60.1 Å². The number of carbonyl (C=O) groups excluding carboxylic acids is 2. The van der Waals surface area contributed by atoms with Crippen molar-refractivity contribution in [3.63, 3.8) is 0 Å². The zero-order valence-electron chi connectivity index (χ0n) is 21.5. The first-order valence-corrected chi connectivity index (χ1v) is 13.1. The highest BCUT2D eigenvalue weighted by Gasteiger charge is 2.22. The van der Waals surface area contributed by atoms with Crippen LogP contribution in [-0.2, 0) is 22.5 Å². The van der Waals surface area contributed by atoms with Crippen LogP contribution in [0.25, 0.3) is 10.9 Å². The minimum Gasteiger partial charge on any atom is -0.385 e. The van der Waals surface area contributed by atoms with E-state index in [0.717, 1.165) is 22.0 Å². The molecule has 0 aliphatic heterocycles. The number of H-pyrrole nitrogens is 1. The van der Waals surface area contributed by atoms with Gasteiger partial charge in [-0.25, -0.2) is 4.79 Å². The average molecular weight is 533 g/mol. The monoisotopic (exact) mass is 532 g/mol. The summed E-state index contributed by atoms with van der Waals surface area (Å²) >= 11 is 6.08. The fourth-order valence-corrected chi connectivity index (χ4v) is 4.46. The van der Waals surface area contributed by atoms with Gasteiger partial charge in [-0.2, -0.15) is 0 Å².